The number of para-hydroxylation sites is 1. The molecule has 1 aromatic carbocycles. The number of hydrogen-bond acceptors (Lipinski definition) is 3. The van der Waals surface area contributed by atoms with E-state index in [9.17, 15) is 9.59 Å². The van der Waals surface area contributed by atoms with Gasteiger partial charge in [-0.2, -0.15) is 5.10 Å². The predicted octanol–water partition coefficient (Wildman–Crippen LogP) is 2.67. The molecule has 4 nitrogen and oxygen atoms in total. The van der Waals surface area contributed by atoms with Crippen molar-refractivity contribution in [3.8, 4) is 5.69 Å². The van der Waals surface area contributed by atoms with E-state index in [2.05, 4.69) is 5.10 Å². The molecule has 1 aliphatic rings. The lowest BCUT2D eigenvalue weighted by atomic mass is 9.75. The first kappa shape index (κ1) is 11.8. The number of rotatable bonds is 1. The van der Waals surface area contributed by atoms with Gasteiger partial charge in [0.25, 0.3) is 0 Å². The van der Waals surface area contributed by atoms with Crippen LogP contribution in [0.3, 0.4) is 0 Å². The number of carbonyl (C=O) groups is 2. The average Bonchev–Trinajstić information content (AvgIpc) is 2.82. The molecule has 0 aliphatic heterocycles. The van der Waals surface area contributed by atoms with Crippen LogP contribution < -0.4 is 0 Å². The van der Waals surface area contributed by atoms with Gasteiger partial charge in [-0.15, -0.1) is 0 Å². The zero-order valence-corrected chi connectivity index (χ0v) is 10.9. The molecule has 0 saturated carbocycles. The summed E-state index contributed by atoms with van der Waals surface area (Å²) in [6.45, 7) is 3.61. The molecule has 0 bridgehead atoms. The number of carbonyl (C=O) groups excluding carboxylic acids is 2. The van der Waals surface area contributed by atoms with Crippen LogP contribution >= 0.6 is 0 Å². The summed E-state index contributed by atoms with van der Waals surface area (Å²) in [5, 5.41) is 4.21. The highest BCUT2D eigenvalue weighted by molar-refractivity contribution is 6.15. The second kappa shape index (κ2) is 3.88. The van der Waals surface area contributed by atoms with Gasteiger partial charge in [0, 0.05) is 11.8 Å². The van der Waals surface area contributed by atoms with E-state index in [-0.39, 0.29) is 18.0 Å². The number of ketones is 2. The van der Waals surface area contributed by atoms with Crippen LogP contribution in [-0.4, -0.2) is 21.3 Å². The van der Waals surface area contributed by atoms with Crippen molar-refractivity contribution in [1.29, 1.82) is 0 Å². The molecule has 0 fully saturated rings. The highest BCUT2D eigenvalue weighted by atomic mass is 16.1. The van der Waals surface area contributed by atoms with E-state index >= 15 is 0 Å². The molecule has 4 heteroatoms. The van der Waals surface area contributed by atoms with Gasteiger partial charge in [0.1, 0.15) is 5.69 Å². The van der Waals surface area contributed by atoms with Crippen LogP contribution in [0.25, 0.3) is 5.69 Å². The summed E-state index contributed by atoms with van der Waals surface area (Å²) in [6, 6.07) is 9.39. The molecule has 2 aromatic rings. The second-order valence-electron chi connectivity index (χ2n) is 5.47. The van der Waals surface area contributed by atoms with Crippen LogP contribution in [0, 0.1) is 5.41 Å². The number of Topliss-reactive ketones (excluding diaryl/α,β-unsaturated/α-hetero) is 2. The number of fused-ring (bicyclic) bond motifs is 1. The van der Waals surface area contributed by atoms with E-state index in [1.54, 1.807) is 18.5 Å². The Labute approximate surface area is 111 Å². The van der Waals surface area contributed by atoms with E-state index in [1.807, 2.05) is 30.3 Å². The molecule has 3 rings (SSSR count). The summed E-state index contributed by atoms with van der Waals surface area (Å²) in [6.07, 6.45) is 1.75. The van der Waals surface area contributed by atoms with Crippen molar-refractivity contribution in [2.45, 2.75) is 20.3 Å². The van der Waals surface area contributed by atoms with Gasteiger partial charge < -0.3 is 0 Å². The van der Waals surface area contributed by atoms with Gasteiger partial charge >= 0.3 is 0 Å². The molecular weight excluding hydrogens is 240 g/mol. The highest BCUT2D eigenvalue weighted by Gasteiger charge is 2.41. The maximum Gasteiger partial charge on any atom is 0.188 e. The molecule has 0 N–H and O–H groups in total. The Morgan fingerprint density at radius 1 is 1.16 bits per heavy atom. The molecule has 0 amide bonds. The normalized spacial score (nSPS) is 17.4. The summed E-state index contributed by atoms with van der Waals surface area (Å²) in [5.74, 6) is -0.0368. The van der Waals surface area contributed by atoms with Crippen molar-refractivity contribution >= 4 is 11.6 Å². The topological polar surface area (TPSA) is 52.0 Å². The third-order valence-electron chi connectivity index (χ3n) is 3.50. The Bertz CT molecular complexity index is 669. The van der Waals surface area contributed by atoms with E-state index in [0.29, 0.717) is 11.3 Å². The molecule has 1 aromatic heterocycles. The maximum atomic E-state index is 12.5. The molecule has 0 atom stereocenters. The molecule has 0 saturated heterocycles. The summed E-state index contributed by atoms with van der Waals surface area (Å²) in [4.78, 5) is 24.6. The van der Waals surface area contributed by atoms with E-state index < -0.39 is 5.41 Å². The number of aromatic nitrogens is 2. The Morgan fingerprint density at radius 2 is 1.84 bits per heavy atom. The van der Waals surface area contributed by atoms with Crippen LogP contribution in [-0.2, 0) is 0 Å². The van der Waals surface area contributed by atoms with Crippen LogP contribution in [0.5, 0.6) is 0 Å². The third-order valence-corrected chi connectivity index (χ3v) is 3.50. The van der Waals surface area contributed by atoms with E-state index in [0.717, 1.165) is 5.69 Å². The zero-order valence-electron chi connectivity index (χ0n) is 10.9. The van der Waals surface area contributed by atoms with Gasteiger partial charge in [0.05, 0.1) is 17.4 Å². The van der Waals surface area contributed by atoms with E-state index in [1.165, 1.54) is 6.20 Å². The Hall–Kier alpha value is -2.23. The monoisotopic (exact) mass is 254 g/mol. The fraction of sp³-hybridized carbons (Fsp3) is 0.267. The SMILES string of the molecule is CC1(C)CC(=O)c2cnn(-c3ccccc3)c2C1=O. The second-order valence-corrected chi connectivity index (χ2v) is 5.47. The molecule has 19 heavy (non-hydrogen) atoms. The van der Waals surface area contributed by atoms with Gasteiger partial charge in [-0.3, -0.25) is 9.59 Å². The first-order chi connectivity index (χ1) is 9.00. The quantitative estimate of drug-likeness (QED) is 0.786. The van der Waals surface area contributed by atoms with Crippen molar-refractivity contribution in [1.82, 2.24) is 9.78 Å². The van der Waals surface area contributed by atoms with Crippen molar-refractivity contribution in [2.24, 2.45) is 5.41 Å². The fourth-order valence-corrected chi connectivity index (χ4v) is 2.43. The molecule has 0 radical (unpaired) electrons. The number of hydrogen-bond donors (Lipinski definition) is 0. The first-order valence-electron chi connectivity index (χ1n) is 6.22. The van der Waals surface area contributed by atoms with Crippen molar-refractivity contribution in [2.75, 3.05) is 0 Å². The van der Waals surface area contributed by atoms with Crippen molar-refractivity contribution < 1.29 is 9.59 Å². The lowest BCUT2D eigenvalue weighted by molar-refractivity contribution is 0.0731. The van der Waals surface area contributed by atoms with E-state index in [4.69, 9.17) is 0 Å². The van der Waals surface area contributed by atoms with Crippen molar-refractivity contribution in [3.05, 3.63) is 47.8 Å². The van der Waals surface area contributed by atoms with Crippen LogP contribution in [0.15, 0.2) is 36.5 Å². The van der Waals surface area contributed by atoms with Gasteiger partial charge in [0.2, 0.25) is 0 Å². The van der Waals surface area contributed by atoms with Crippen LogP contribution in [0.4, 0.5) is 0 Å². The Kier molecular flexibility index (Phi) is 2.42. The Balaban J connectivity index is 2.23. The van der Waals surface area contributed by atoms with Crippen LogP contribution in [0.2, 0.25) is 0 Å². The summed E-state index contributed by atoms with van der Waals surface area (Å²) in [7, 11) is 0. The summed E-state index contributed by atoms with van der Waals surface area (Å²) < 4.78 is 1.57. The molecule has 0 spiro atoms. The molecule has 0 unspecified atom stereocenters. The Morgan fingerprint density at radius 3 is 2.53 bits per heavy atom. The minimum atomic E-state index is -0.656. The average molecular weight is 254 g/mol. The highest BCUT2D eigenvalue weighted by Crippen LogP contribution is 2.35. The minimum absolute atomic E-state index is 0.0122. The fourth-order valence-electron chi connectivity index (χ4n) is 2.43. The standard InChI is InChI=1S/C15H14N2O2/c1-15(2)8-12(18)11-9-16-17(13(11)14(15)19)10-6-4-3-5-7-10/h3-7,9H,8H2,1-2H3. The van der Waals surface area contributed by atoms with Gasteiger partial charge in [-0.05, 0) is 12.1 Å². The smallest absolute Gasteiger partial charge is 0.188 e. The minimum Gasteiger partial charge on any atom is -0.294 e. The van der Waals surface area contributed by atoms with Gasteiger partial charge in [-0.25, -0.2) is 4.68 Å². The molecule has 96 valence electrons. The molecule has 1 aliphatic carbocycles. The van der Waals surface area contributed by atoms with Gasteiger partial charge in [0.15, 0.2) is 11.6 Å². The largest absolute Gasteiger partial charge is 0.294 e. The summed E-state index contributed by atoms with van der Waals surface area (Å²) >= 11 is 0. The zero-order chi connectivity index (χ0) is 13.6. The predicted molar refractivity (Wildman–Crippen MR) is 70.6 cm³/mol. The lowest BCUT2D eigenvalue weighted by Gasteiger charge is -2.27. The molecular formula is C15H14N2O2. The first-order valence-corrected chi connectivity index (χ1v) is 6.22. The summed E-state index contributed by atoms with van der Waals surface area (Å²) in [5.41, 5.74) is 0.986. The maximum absolute atomic E-state index is 12.5. The van der Waals surface area contributed by atoms with Crippen LogP contribution in [0.1, 0.15) is 41.1 Å². The molecule has 1 heterocycles. The van der Waals surface area contributed by atoms with Crippen molar-refractivity contribution in [3.63, 3.8) is 0 Å². The number of nitrogens with zero attached hydrogens (tertiary/aromatic N) is 2. The third kappa shape index (κ3) is 1.71. The lowest BCUT2D eigenvalue weighted by Crippen LogP contribution is -2.35. The van der Waals surface area contributed by atoms with Gasteiger partial charge in [-0.1, -0.05) is 32.0 Å². The number of benzene rings is 1.